The van der Waals surface area contributed by atoms with Crippen molar-refractivity contribution in [2.24, 2.45) is 0 Å². The molecule has 0 saturated carbocycles. The van der Waals surface area contributed by atoms with Crippen molar-refractivity contribution in [1.29, 1.82) is 0 Å². The van der Waals surface area contributed by atoms with Crippen molar-refractivity contribution in [3.8, 4) is 0 Å². The highest BCUT2D eigenvalue weighted by molar-refractivity contribution is 8.00. The standard InChI is InChI=1S/C27H24F2N4OS/c28-22-8-2-1-5-21(22)18-32-13-15-33(16-14-32)27(34)20-10-11-24(23(29)17-20)31-35-25-9-3-6-19-7-4-12-30-26(19)25/h1-12,17,31H,13-16,18H2. The molecular formula is C27H24F2N4OS. The van der Waals surface area contributed by atoms with Crippen molar-refractivity contribution in [3.05, 3.63) is 102 Å². The van der Waals surface area contributed by atoms with E-state index in [0.29, 0.717) is 49.5 Å². The molecule has 0 unspecified atom stereocenters. The first-order chi connectivity index (χ1) is 17.1. The van der Waals surface area contributed by atoms with Crippen molar-refractivity contribution >= 4 is 34.4 Å². The molecule has 35 heavy (non-hydrogen) atoms. The van der Waals surface area contributed by atoms with Crippen LogP contribution in [-0.4, -0.2) is 46.9 Å². The van der Waals surface area contributed by atoms with Crippen LogP contribution in [0.25, 0.3) is 10.9 Å². The van der Waals surface area contributed by atoms with Crippen molar-refractivity contribution < 1.29 is 13.6 Å². The second-order valence-corrected chi connectivity index (χ2v) is 9.24. The van der Waals surface area contributed by atoms with Gasteiger partial charge in [-0.15, -0.1) is 0 Å². The van der Waals surface area contributed by atoms with Crippen LogP contribution in [0.2, 0.25) is 0 Å². The molecule has 1 aliphatic rings. The summed E-state index contributed by atoms with van der Waals surface area (Å²) in [6.45, 7) is 2.81. The smallest absolute Gasteiger partial charge is 0.254 e. The van der Waals surface area contributed by atoms with Gasteiger partial charge in [0.2, 0.25) is 0 Å². The molecule has 1 N–H and O–H groups in total. The van der Waals surface area contributed by atoms with Gasteiger partial charge in [-0.2, -0.15) is 0 Å². The summed E-state index contributed by atoms with van der Waals surface area (Å²) in [4.78, 5) is 22.1. The Bertz CT molecular complexity index is 1350. The highest BCUT2D eigenvalue weighted by atomic mass is 32.2. The molecule has 5 rings (SSSR count). The number of nitrogens with zero attached hydrogens (tertiary/aromatic N) is 3. The van der Waals surface area contributed by atoms with Gasteiger partial charge in [0.25, 0.3) is 5.91 Å². The van der Waals surface area contributed by atoms with E-state index in [-0.39, 0.29) is 11.7 Å². The molecular weight excluding hydrogens is 466 g/mol. The molecule has 0 radical (unpaired) electrons. The number of piperazine rings is 1. The van der Waals surface area contributed by atoms with Crippen LogP contribution >= 0.6 is 11.9 Å². The van der Waals surface area contributed by atoms with Crippen molar-refractivity contribution in [2.45, 2.75) is 11.4 Å². The molecule has 1 aromatic heterocycles. The van der Waals surface area contributed by atoms with E-state index in [1.54, 1.807) is 35.4 Å². The summed E-state index contributed by atoms with van der Waals surface area (Å²) in [7, 11) is 0. The largest absolute Gasteiger partial charge is 0.336 e. The first-order valence-corrected chi connectivity index (χ1v) is 12.2. The predicted molar refractivity (Wildman–Crippen MR) is 135 cm³/mol. The molecule has 8 heteroatoms. The molecule has 1 amide bonds. The molecule has 1 fully saturated rings. The lowest BCUT2D eigenvalue weighted by Crippen LogP contribution is -2.48. The molecule has 1 aliphatic heterocycles. The highest BCUT2D eigenvalue weighted by Gasteiger charge is 2.23. The van der Waals surface area contributed by atoms with E-state index in [4.69, 9.17) is 0 Å². The Hall–Kier alpha value is -3.49. The minimum absolute atomic E-state index is 0.202. The fraction of sp³-hybridized carbons (Fsp3) is 0.185. The van der Waals surface area contributed by atoms with Crippen LogP contribution in [0.1, 0.15) is 15.9 Å². The maximum absolute atomic E-state index is 14.8. The number of pyridine rings is 1. The lowest BCUT2D eigenvalue weighted by atomic mass is 10.1. The number of amides is 1. The zero-order valence-corrected chi connectivity index (χ0v) is 19.8. The quantitative estimate of drug-likeness (QED) is 0.357. The Labute approximate surface area is 206 Å². The number of aromatic nitrogens is 1. The van der Waals surface area contributed by atoms with Crippen LogP contribution in [0.15, 0.2) is 83.9 Å². The summed E-state index contributed by atoms with van der Waals surface area (Å²) in [5.41, 5.74) is 2.10. The Kier molecular flexibility index (Phi) is 6.92. The normalized spacial score (nSPS) is 14.3. The number of carbonyl (C=O) groups is 1. The van der Waals surface area contributed by atoms with Gasteiger partial charge < -0.3 is 9.62 Å². The Balaban J connectivity index is 1.19. The van der Waals surface area contributed by atoms with Gasteiger partial charge in [-0.1, -0.05) is 36.4 Å². The number of hydrogen-bond acceptors (Lipinski definition) is 5. The lowest BCUT2D eigenvalue weighted by molar-refractivity contribution is 0.0626. The van der Waals surface area contributed by atoms with Crippen LogP contribution < -0.4 is 4.72 Å². The van der Waals surface area contributed by atoms with Gasteiger partial charge >= 0.3 is 0 Å². The van der Waals surface area contributed by atoms with Crippen molar-refractivity contribution in [3.63, 3.8) is 0 Å². The fourth-order valence-corrected chi connectivity index (χ4v) is 4.96. The van der Waals surface area contributed by atoms with Crippen molar-refractivity contribution in [2.75, 3.05) is 30.9 Å². The molecule has 178 valence electrons. The second-order valence-electron chi connectivity index (χ2n) is 8.39. The Morgan fingerprint density at radius 2 is 1.71 bits per heavy atom. The maximum Gasteiger partial charge on any atom is 0.254 e. The third-order valence-corrected chi connectivity index (χ3v) is 6.97. The van der Waals surface area contributed by atoms with E-state index in [2.05, 4.69) is 14.6 Å². The number of anilines is 1. The van der Waals surface area contributed by atoms with Gasteiger partial charge in [-0.05, 0) is 48.3 Å². The molecule has 2 heterocycles. The van der Waals surface area contributed by atoms with E-state index in [1.165, 1.54) is 24.1 Å². The Morgan fingerprint density at radius 1 is 0.914 bits per heavy atom. The van der Waals surface area contributed by atoms with E-state index >= 15 is 0 Å². The molecule has 1 saturated heterocycles. The minimum atomic E-state index is -0.491. The van der Waals surface area contributed by atoms with Gasteiger partial charge in [0, 0.05) is 55.4 Å². The lowest BCUT2D eigenvalue weighted by Gasteiger charge is -2.34. The van der Waals surface area contributed by atoms with E-state index < -0.39 is 5.82 Å². The Morgan fingerprint density at radius 3 is 2.51 bits per heavy atom. The number of benzene rings is 3. The van der Waals surface area contributed by atoms with Crippen molar-refractivity contribution in [1.82, 2.24) is 14.8 Å². The first-order valence-electron chi connectivity index (χ1n) is 11.4. The molecule has 5 nitrogen and oxygen atoms in total. The highest BCUT2D eigenvalue weighted by Crippen LogP contribution is 2.29. The van der Waals surface area contributed by atoms with Gasteiger partial charge in [-0.3, -0.25) is 14.7 Å². The number of nitrogens with one attached hydrogen (secondary N) is 1. The maximum atomic E-state index is 14.8. The summed E-state index contributed by atoms with van der Waals surface area (Å²) in [6.07, 6.45) is 1.73. The van der Waals surface area contributed by atoms with Crippen LogP contribution in [-0.2, 0) is 6.54 Å². The van der Waals surface area contributed by atoms with Crippen LogP contribution in [0.4, 0.5) is 14.5 Å². The molecule has 3 aromatic carbocycles. The number of para-hydroxylation sites is 1. The molecule has 0 bridgehead atoms. The van der Waals surface area contributed by atoms with E-state index in [9.17, 15) is 13.6 Å². The van der Waals surface area contributed by atoms with E-state index in [0.717, 1.165) is 15.8 Å². The second kappa shape index (κ2) is 10.4. The first kappa shape index (κ1) is 23.3. The monoisotopic (exact) mass is 490 g/mol. The summed E-state index contributed by atoms with van der Waals surface area (Å²) >= 11 is 1.28. The number of rotatable bonds is 6. The summed E-state index contributed by atoms with van der Waals surface area (Å²) < 4.78 is 31.8. The fourth-order valence-electron chi connectivity index (χ4n) is 4.16. The topological polar surface area (TPSA) is 48.5 Å². The van der Waals surface area contributed by atoms with E-state index in [1.807, 2.05) is 36.4 Å². The zero-order valence-electron chi connectivity index (χ0n) is 19.0. The average Bonchev–Trinajstić information content (AvgIpc) is 2.89. The number of hydrogen-bond donors (Lipinski definition) is 1. The van der Waals surface area contributed by atoms with Crippen LogP contribution in [0.5, 0.6) is 0 Å². The zero-order chi connectivity index (χ0) is 24.2. The molecule has 4 aromatic rings. The average molecular weight is 491 g/mol. The number of fused-ring (bicyclic) bond motifs is 1. The van der Waals surface area contributed by atoms with Gasteiger partial charge in [0.05, 0.1) is 16.1 Å². The van der Waals surface area contributed by atoms with Gasteiger partial charge in [-0.25, -0.2) is 8.78 Å². The molecule has 0 spiro atoms. The predicted octanol–water partition coefficient (Wildman–Crippen LogP) is 5.59. The minimum Gasteiger partial charge on any atom is -0.336 e. The van der Waals surface area contributed by atoms with Gasteiger partial charge in [0.1, 0.15) is 11.6 Å². The van der Waals surface area contributed by atoms with Crippen LogP contribution in [0, 0.1) is 11.6 Å². The summed E-state index contributed by atoms with van der Waals surface area (Å²) in [5.74, 6) is -0.910. The molecule has 0 atom stereocenters. The third kappa shape index (κ3) is 5.28. The summed E-state index contributed by atoms with van der Waals surface area (Å²) in [5, 5.41) is 1.01. The number of halogens is 2. The SMILES string of the molecule is O=C(c1ccc(NSc2cccc3cccnc23)c(F)c1)N1CCN(Cc2ccccc2F)CC1. The molecule has 0 aliphatic carbocycles. The number of carbonyl (C=O) groups excluding carboxylic acids is 1. The third-order valence-electron chi connectivity index (χ3n) is 6.09. The van der Waals surface area contributed by atoms with Crippen LogP contribution in [0.3, 0.4) is 0 Å². The summed E-state index contributed by atoms with van der Waals surface area (Å²) in [6, 6.07) is 20.9. The van der Waals surface area contributed by atoms with Gasteiger partial charge in [0.15, 0.2) is 0 Å².